The van der Waals surface area contributed by atoms with Gasteiger partial charge in [-0.05, 0) is 24.1 Å². The van der Waals surface area contributed by atoms with Gasteiger partial charge < -0.3 is 9.88 Å². The number of aromatic nitrogens is 4. The van der Waals surface area contributed by atoms with Crippen molar-refractivity contribution < 1.29 is 0 Å². The molecule has 0 bridgehead atoms. The van der Waals surface area contributed by atoms with E-state index in [0.717, 1.165) is 35.8 Å². The number of aryl methyl sites for hydroxylation is 2. The zero-order valence-corrected chi connectivity index (χ0v) is 17.4. The number of rotatable bonds is 7. The highest BCUT2D eigenvalue weighted by Crippen LogP contribution is 2.14. The molecule has 3 aromatic rings. The van der Waals surface area contributed by atoms with Crippen molar-refractivity contribution in [2.24, 2.45) is 14.1 Å². The summed E-state index contributed by atoms with van der Waals surface area (Å²) in [6.07, 6.45) is 3.31. The van der Waals surface area contributed by atoms with Crippen LogP contribution in [-0.2, 0) is 20.6 Å². The summed E-state index contributed by atoms with van der Waals surface area (Å²) in [6.45, 7) is 3.16. The van der Waals surface area contributed by atoms with Crippen molar-refractivity contribution in [2.75, 3.05) is 11.9 Å². The van der Waals surface area contributed by atoms with Crippen LogP contribution in [0.4, 0.5) is 5.95 Å². The molecule has 0 radical (unpaired) electrons. The number of hydrogen-bond donors (Lipinski definition) is 1. The number of benzene rings is 1. The number of imidazole rings is 1. The minimum absolute atomic E-state index is 0.221. The Morgan fingerprint density at radius 3 is 2.44 bits per heavy atom. The first-order valence-corrected chi connectivity index (χ1v) is 9.88. The fourth-order valence-electron chi connectivity index (χ4n) is 3.09. The Morgan fingerprint density at radius 2 is 1.78 bits per heavy atom. The van der Waals surface area contributed by atoms with Crippen molar-refractivity contribution in [2.45, 2.75) is 32.7 Å². The summed E-state index contributed by atoms with van der Waals surface area (Å²) in [7, 11) is 3.45. The van der Waals surface area contributed by atoms with E-state index in [4.69, 9.17) is 0 Å². The SMILES string of the molecule is CCCCCNc1nc2c(c(=O)n(Cc3ccc(Br)cc3)c(=O)n2C)n1C. The summed E-state index contributed by atoms with van der Waals surface area (Å²) >= 11 is 3.39. The molecule has 27 heavy (non-hydrogen) atoms. The Kier molecular flexibility index (Phi) is 5.84. The number of halogens is 1. The average Bonchev–Trinajstić information content (AvgIpc) is 2.99. The van der Waals surface area contributed by atoms with Crippen LogP contribution in [-0.4, -0.2) is 25.2 Å². The van der Waals surface area contributed by atoms with Gasteiger partial charge in [-0.25, -0.2) is 4.79 Å². The Bertz CT molecular complexity index is 1060. The van der Waals surface area contributed by atoms with Gasteiger partial charge in [-0.15, -0.1) is 0 Å². The van der Waals surface area contributed by atoms with E-state index < -0.39 is 0 Å². The average molecular weight is 434 g/mol. The molecule has 2 heterocycles. The Labute approximate surface area is 165 Å². The number of hydrogen-bond acceptors (Lipinski definition) is 4. The first kappa shape index (κ1) is 19.4. The van der Waals surface area contributed by atoms with E-state index in [2.05, 4.69) is 33.2 Å². The zero-order valence-electron chi connectivity index (χ0n) is 15.8. The quantitative estimate of drug-likeness (QED) is 0.581. The summed E-state index contributed by atoms with van der Waals surface area (Å²) in [6, 6.07) is 7.58. The van der Waals surface area contributed by atoms with Crippen LogP contribution in [0, 0.1) is 0 Å². The summed E-state index contributed by atoms with van der Waals surface area (Å²) < 4.78 is 5.38. The van der Waals surface area contributed by atoms with Crippen LogP contribution in [0.15, 0.2) is 38.3 Å². The molecule has 0 aliphatic carbocycles. The van der Waals surface area contributed by atoms with Crippen LogP contribution >= 0.6 is 15.9 Å². The maximum Gasteiger partial charge on any atom is 0.332 e. The molecular weight excluding hydrogens is 410 g/mol. The minimum Gasteiger partial charge on any atom is -0.356 e. The summed E-state index contributed by atoms with van der Waals surface area (Å²) in [5, 5.41) is 3.27. The lowest BCUT2D eigenvalue weighted by Gasteiger charge is -2.09. The third-order valence-electron chi connectivity index (χ3n) is 4.68. The number of nitrogens with zero attached hydrogens (tertiary/aromatic N) is 4. The van der Waals surface area contributed by atoms with E-state index in [1.807, 2.05) is 24.3 Å². The lowest BCUT2D eigenvalue weighted by molar-refractivity contribution is 0.655. The predicted octanol–water partition coefficient (Wildman–Crippen LogP) is 2.85. The highest BCUT2D eigenvalue weighted by Gasteiger charge is 2.18. The van der Waals surface area contributed by atoms with Crippen molar-refractivity contribution >= 4 is 33.0 Å². The second-order valence-corrected chi connectivity index (χ2v) is 7.58. The van der Waals surface area contributed by atoms with Gasteiger partial charge in [-0.3, -0.25) is 13.9 Å². The van der Waals surface area contributed by atoms with E-state index >= 15 is 0 Å². The van der Waals surface area contributed by atoms with Crippen molar-refractivity contribution in [3.05, 3.63) is 55.1 Å². The first-order chi connectivity index (χ1) is 12.9. The molecule has 144 valence electrons. The number of unbranched alkanes of at least 4 members (excludes halogenated alkanes) is 2. The molecule has 0 aliphatic rings. The van der Waals surface area contributed by atoms with Gasteiger partial charge in [-0.1, -0.05) is 47.8 Å². The second kappa shape index (κ2) is 8.12. The summed E-state index contributed by atoms with van der Waals surface area (Å²) in [5.74, 6) is 0.606. The Hall–Kier alpha value is -2.35. The van der Waals surface area contributed by atoms with Crippen LogP contribution in [0.5, 0.6) is 0 Å². The number of anilines is 1. The predicted molar refractivity (Wildman–Crippen MR) is 111 cm³/mol. The van der Waals surface area contributed by atoms with Gasteiger partial charge >= 0.3 is 5.69 Å². The lowest BCUT2D eigenvalue weighted by atomic mass is 10.2. The van der Waals surface area contributed by atoms with E-state index in [1.54, 1.807) is 18.7 Å². The number of nitrogens with one attached hydrogen (secondary N) is 1. The minimum atomic E-state index is -0.369. The van der Waals surface area contributed by atoms with Gasteiger partial charge in [0.15, 0.2) is 11.2 Å². The zero-order chi connectivity index (χ0) is 19.6. The monoisotopic (exact) mass is 433 g/mol. The van der Waals surface area contributed by atoms with Gasteiger partial charge in [0.25, 0.3) is 5.56 Å². The maximum atomic E-state index is 13.0. The molecule has 0 fully saturated rings. The van der Waals surface area contributed by atoms with Crippen molar-refractivity contribution in [1.82, 2.24) is 18.7 Å². The molecule has 8 heteroatoms. The Morgan fingerprint density at radius 1 is 1.07 bits per heavy atom. The molecule has 0 unspecified atom stereocenters. The normalized spacial score (nSPS) is 11.3. The van der Waals surface area contributed by atoms with Gasteiger partial charge in [0.2, 0.25) is 5.95 Å². The van der Waals surface area contributed by atoms with Crippen molar-refractivity contribution in [3.63, 3.8) is 0 Å². The van der Waals surface area contributed by atoms with E-state index in [1.165, 1.54) is 9.13 Å². The molecular formula is C19H24BrN5O2. The van der Waals surface area contributed by atoms with E-state index in [9.17, 15) is 9.59 Å². The lowest BCUT2D eigenvalue weighted by Crippen LogP contribution is -2.39. The summed E-state index contributed by atoms with van der Waals surface area (Å²) in [4.78, 5) is 30.3. The van der Waals surface area contributed by atoms with E-state index in [0.29, 0.717) is 17.1 Å². The third kappa shape index (κ3) is 3.85. The van der Waals surface area contributed by atoms with Crippen LogP contribution < -0.4 is 16.6 Å². The standard InChI is InChI=1S/C19H24BrN5O2/c1-4-5-6-11-21-18-22-16-15(23(18)2)17(26)25(19(27)24(16)3)12-13-7-9-14(20)10-8-13/h7-10H,4-6,11-12H2,1-3H3,(H,21,22). The molecule has 3 rings (SSSR count). The highest BCUT2D eigenvalue weighted by molar-refractivity contribution is 9.10. The van der Waals surface area contributed by atoms with Crippen molar-refractivity contribution in [3.8, 4) is 0 Å². The topological polar surface area (TPSA) is 73.8 Å². The van der Waals surface area contributed by atoms with Gasteiger partial charge in [0, 0.05) is 25.1 Å². The van der Waals surface area contributed by atoms with E-state index in [-0.39, 0.29) is 17.8 Å². The molecule has 0 saturated heterocycles. The molecule has 2 aromatic heterocycles. The highest BCUT2D eigenvalue weighted by atomic mass is 79.9. The molecule has 1 N–H and O–H groups in total. The fraction of sp³-hybridized carbons (Fsp3) is 0.421. The number of fused-ring (bicyclic) bond motifs is 1. The van der Waals surface area contributed by atoms with Crippen LogP contribution in [0.1, 0.15) is 31.7 Å². The van der Waals surface area contributed by atoms with Gasteiger partial charge in [0.1, 0.15) is 0 Å². The van der Waals surface area contributed by atoms with Crippen LogP contribution in [0.3, 0.4) is 0 Å². The first-order valence-electron chi connectivity index (χ1n) is 9.08. The van der Waals surface area contributed by atoms with Crippen molar-refractivity contribution in [1.29, 1.82) is 0 Å². The molecule has 0 saturated carbocycles. The molecule has 0 atom stereocenters. The molecule has 0 amide bonds. The van der Waals surface area contributed by atoms with Gasteiger partial charge in [0.05, 0.1) is 6.54 Å². The Balaban J connectivity index is 2.03. The van der Waals surface area contributed by atoms with Crippen LogP contribution in [0.2, 0.25) is 0 Å². The molecule has 0 spiro atoms. The molecule has 7 nitrogen and oxygen atoms in total. The molecule has 0 aliphatic heterocycles. The summed E-state index contributed by atoms with van der Waals surface area (Å²) in [5.41, 5.74) is 1.01. The van der Waals surface area contributed by atoms with Gasteiger partial charge in [-0.2, -0.15) is 4.98 Å². The third-order valence-corrected chi connectivity index (χ3v) is 5.21. The largest absolute Gasteiger partial charge is 0.356 e. The second-order valence-electron chi connectivity index (χ2n) is 6.66. The molecule has 1 aromatic carbocycles. The van der Waals surface area contributed by atoms with Crippen LogP contribution in [0.25, 0.3) is 11.2 Å². The fourth-order valence-corrected chi connectivity index (χ4v) is 3.35. The smallest absolute Gasteiger partial charge is 0.332 e. The maximum absolute atomic E-state index is 13.0.